The summed E-state index contributed by atoms with van der Waals surface area (Å²) in [6, 6.07) is 0.230. The quantitative estimate of drug-likeness (QED) is 0.249. The first-order valence-electron chi connectivity index (χ1n) is 9.14. The normalized spacial score (nSPS) is 15.1. The molecule has 0 aromatic rings. The summed E-state index contributed by atoms with van der Waals surface area (Å²) in [4.78, 5) is 31.2. The number of rotatable bonds is 7. The van der Waals surface area contributed by atoms with Crippen molar-refractivity contribution in [3.8, 4) is 0 Å². The van der Waals surface area contributed by atoms with Gasteiger partial charge in [-0.15, -0.1) is 24.0 Å². The molecule has 1 fully saturated rings. The van der Waals surface area contributed by atoms with Gasteiger partial charge < -0.3 is 25.2 Å². The summed E-state index contributed by atoms with van der Waals surface area (Å²) < 4.78 is 5.04. The fourth-order valence-electron chi connectivity index (χ4n) is 2.44. The number of nitrogens with zero attached hydrogens (tertiary/aromatic N) is 3. The zero-order valence-electron chi connectivity index (χ0n) is 16.4. The van der Waals surface area contributed by atoms with Gasteiger partial charge >= 0.3 is 6.09 Å². The number of carbonyl (C=O) groups excluding carboxylic acids is 2. The lowest BCUT2D eigenvalue weighted by Gasteiger charge is -2.32. The fourth-order valence-corrected chi connectivity index (χ4v) is 2.44. The van der Waals surface area contributed by atoms with E-state index in [0.717, 1.165) is 32.2 Å². The number of likely N-dealkylation sites (tertiary alicyclic amines) is 1. The van der Waals surface area contributed by atoms with Crippen LogP contribution in [-0.4, -0.2) is 80.7 Å². The zero-order chi connectivity index (χ0) is 18.7. The van der Waals surface area contributed by atoms with E-state index in [1.165, 1.54) is 4.90 Å². The Bertz CT molecular complexity index is 452. The van der Waals surface area contributed by atoms with Crippen molar-refractivity contribution in [1.29, 1.82) is 0 Å². The van der Waals surface area contributed by atoms with Crippen molar-refractivity contribution in [3.63, 3.8) is 0 Å². The standard InChI is InChI=1S/C17H33N5O3.HI/c1-5-7-10-18-16(19-13-15(23)21(3)4)20-14-8-11-22(12-9-14)17(24)25-6-2;/h14H,5-13H2,1-4H3,(H2,18,19,20);1H. The smallest absolute Gasteiger partial charge is 0.409 e. The van der Waals surface area contributed by atoms with Crippen molar-refractivity contribution >= 4 is 41.9 Å². The number of likely N-dealkylation sites (N-methyl/N-ethyl adjacent to an activating group) is 1. The molecular formula is C17H34IN5O3. The minimum atomic E-state index is -0.243. The van der Waals surface area contributed by atoms with E-state index in [-0.39, 0.29) is 48.6 Å². The lowest BCUT2D eigenvalue weighted by Crippen LogP contribution is -2.50. The van der Waals surface area contributed by atoms with Crippen molar-refractivity contribution in [1.82, 2.24) is 20.4 Å². The largest absolute Gasteiger partial charge is 0.450 e. The monoisotopic (exact) mass is 483 g/mol. The van der Waals surface area contributed by atoms with Crippen LogP contribution >= 0.6 is 24.0 Å². The third kappa shape index (κ3) is 9.44. The molecule has 0 spiro atoms. The van der Waals surface area contributed by atoms with E-state index in [1.807, 2.05) is 6.92 Å². The highest BCUT2D eigenvalue weighted by atomic mass is 127. The highest BCUT2D eigenvalue weighted by molar-refractivity contribution is 14.0. The second-order valence-electron chi connectivity index (χ2n) is 6.34. The van der Waals surface area contributed by atoms with Gasteiger partial charge in [0, 0.05) is 39.8 Å². The van der Waals surface area contributed by atoms with Crippen molar-refractivity contribution in [2.45, 2.75) is 45.6 Å². The van der Waals surface area contributed by atoms with Crippen molar-refractivity contribution < 1.29 is 14.3 Å². The Morgan fingerprint density at radius 1 is 1.23 bits per heavy atom. The van der Waals surface area contributed by atoms with Gasteiger partial charge in [-0.2, -0.15) is 0 Å². The van der Waals surface area contributed by atoms with Gasteiger partial charge in [0.05, 0.1) is 6.61 Å². The first-order valence-corrected chi connectivity index (χ1v) is 9.14. The van der Waals surface area contributed by atoms with Gasteiger partial charge in [-0.1, -0.05) is 13.3 Å². The first kappa shape index (κ1) is 24.7. The number of guanidine groups is 1. The van der Waals surface area contributed by atoms with Crippen molar-refractivity contribution in [2.75, 3.05) is 46.9 Å². The van der Waals surface area contributed by atoms with Crippen LogP contribution in [0.5, 0.6) is 0 Å². The van der Waals surface area contributed by atoms with Crippen molar-refractivity contribution in [2.24, 2.45) is 4.99 Å². The molecule has 1 aliphatic heterocycles. The molecule has 8 nitrogen and oxygen atoms in total. The molecule has 0 saturated carbocycles. The van der Waals surface area contributed by atoms with Crippen LogP contribution in [0.15, 0.2) is 4.99 Å². The third-order valence-electron chi connectivity index (χ3n) is 4.06. The molecule has 0 aliphatic carbocycles. The Labute approximate surface area is 174 Å². The number of carbonyl (C=O) groups is 2. The predicted octanol–water partition coefficient (Wildman–Crippen LogP) is 1.65. The summed E-state index contributed by atoms with van der Waals surface area (Å²) in [5, 5.41) is 6.67. The molecule has 26 heavy (non-hydrogen) atoms. The van der Waals surface area contributed by atoms with Gasteiger partial charge in [-0.25, -0.2) is 9.79 Å². The third-order valence-corrected chi connectivity index (χ3v) is 4.06. The van der Waals surface area contributed by atoms with E-state index in [4.69, 9.17) is 4.74 Å². The molecule has 0 atom stereocenters. The zero-order valence-corrected chi connectivity index (χ0v) is 18.7. The van der Waals surface area contributed by atoms with Crippen LogP contribution in [0.4, 0.5) is 4.79 Å². The molecule has 0 bridgehead atoms. The molecule has 0 unspecified atom stereocenters. The summed E-state index contributed by atoms with van der Waals surface area (Å²) in [7, 11) is 3.45. The Hall–Kier alpha value is -1.26. The van der Waals surface area contributed by atoms with E-state index >= 15 is 0 Å². The van der Waals surface area contributed by atoms with Crippen LogP contribution in [0, 0.1) is 0 Å². The van der Waals surface area contributed by atoms with Gasteiger partial charge in [0.1, 0.15) is 6.54 Å². The molecule has 0 radical (unpaired) electrons. The molecule has 0 aromatic carbocycles. The molecule has 1 aliphatic rings. The summed E-state index contributed by atoms with van der Waals surface area (Å²) >= 11 is 0. The van der Waals surface area contributed by atoms with Crippen LogP contribution in [0.1, 0.15) is 39.5 Å². The van der Waals surface area contributed by atoms with Crippen molar-refractivity contribution in [3.05, 3.63) is 0 Å². The number of aliphatic imine (C=N–C) groups is 1. The molecule has 1 saturated heterocycles. The Balaban J connectivity index is 0.00000625. The average Bonchev–Trinajstić information content (AvgIpc) is 2.60. The minimum absolute atomic E-state index is 0. The van der Waals surface area contributed by atoms with Crippen LogP contribution in [0.3, 0.4) is 0 Å². The Morgan fingerprint density at radius 2 is 1.88 bits per heavy atom. The number of piperidine rings is 1. The van der Waals surface area contributed by atoms with Gasteiger partial charge in [0.15, 0.2) is 5.96 Å². The summed E-state index contributed by atoms with van der Waals surface area (Å²) in [5.41, 5.74) is 0. The van der Waals surface area contributed by atoms with Crippen LogP contribution < -0.4 is 10.6 Å². The maximum Gasteiger partial charge on any atom is 0.409 e. The van der Waals surface area contributed by atoms with Crippen LogP contribution in [-0.2, 0) is 9.53 Å². The molecule has 2 N–H and O–H groups in total. The number of unbranched alkanes of at least 4 members (excludes halogenated alkanes) is 1. The van der Waals surface area contributed by atoms with Gasteiger partial charge in [0.2, 0.25) is 5.91 Å². The SMILES string of the molecule is CCCCNC(=NCC(=O)N(C)C)NC1CCN(C(=O)OCC)CC1.I. The molecular weight excluding hydrogens is 449 g/mol. The molecule has 152 valence electrons. The fraction of sp³-hybridized carbons (Fsp3) is 0.824. The molecule has 9 heteroatoms. The Morgan fingerprint density at radius 3 is 2.42 bits per heavy atom. The number of nitrogens with one attached hydrogen (secondary N) is 2. The Kier molecular flexibility index (Phi) is 13.2. The predicted molar refractivity (Wildman–Crippen MR) is 114 cm³/mol. The van der Waals surface area contributed by atoms with E-state index in [1.54, 1.807) is 19.0 Å². The molecule has 1 rings (SSSR count). The number of ether oxygens (including phenoxy) is 1. The summed E-state index contributed by atoms with van der Waals surface area (Å²) in [5.74, 6) is 0.631. The second-order valence-corrected chi connectivity index (χ2v) is 6.34. The van der Waals surface area contributed by atoms with E-state index < -0.39 is 0 Å². The topological polar surface area (TPSA) is 86.3 Å². The molecule has 1 heterocycles. The van der Waals surface area contributed by atoms with Crippen LogP contribution in [0.2, 0.25) is 0 Å². The molecule has 0 aromatic heterocycles. The lowest BCUT2D eigenvalue weighted by molar-refractivity contribution is -0.127. The number of hydrogen-bond acceptors (Lipinski definition) is 4. The number of halogens is 1. The number of amides is 2. The number of hydrogen-bond donors (Lipinski definition) is 2. The highest BCUT2D eigenvalue weighted by Crippen LogP contribution is 2.11. The van der Waals surface area contributed by atoms with Gasteiger partial charge in [-0.3, -0.25) is 4.79 Å². The summed E-state index contributed by atoms with van der Waals surface area (Å²) in [6.45, 7) is 6.61. The van der Waals surface area contributed by atoms with Gasteiger partial charge in [-0.05, 0) is 26.2 Å². The van der Waals surface area contributed by atoms with E-state index in [2.05, 4.69) is 22.5 Å². The maximum absolute atomic E-state index is 11.8. The summed E-state index contributed by atoms with van der Waals surface area (Å²) in [6.07, 6.45) is 3.55. The highest BCUT2D eigenvalue weighted by Gasteiger charge is 2.24. The lowest BCUT2D eigenvalue weighted by atomic mass is 10.1. The van der Waals surface area contributed by atoms with Crippen LogP contribution in [0.25, 0.3) is 0 Å². The van der Waals surface area contributed by atoms with Gasteiger partial charge in [0.25, 0.3) is 0 Å². The van der Waals surface area contributed by atoms with E-state index in [9.17, 15) is 9.59 Å². The van der Waals surface area contributed by atoms with E-state index in [0.29, 0.717) is 25.7 Å². The minimum Gasteiger partial charge on any atom is -0.450 e. The maximum atomic E-state index is 11.8. The average molecular weight is 483 g/mol. The first-order chi connectivity index (χ1) is 12.0. The second kappa shape index (κ2) is 13.9. The molecule has 2 amide bonds.